The van der Waals surface area contributed by atoms with E-state index in [-0.39, 0.29) is 0 Å². The number of benzene rings is 2. The smallest absolute Gasteiger partial charge is 0.147 e. The molecule has 0 bridgehead atoms. The first-order chi connectivity index (χ1) is 10.2. The predicted molar refractivity (Wildman–Crippen MR) is 91.8 cm³/mol. The zero-order chi connectivity index (χ0) is 14.7. The molecular weight excluding hydrogens is 326 g/mol. The highest BCUT2D eigenvalue weighted by molar-refractivity contribution is 9.10. The van der Waals surface area contributed by atoms with Gasteiger partial charge in [-0.25, -0.2) is 4.98 Å². The molecule has 0 aliphatic heterocycles. The van der Waals surface area contributed by atoms with Gasteiger partial charge in [-0.1, -0.05) is 52.3 Å². The number of aromatic nitrogens is 1. The molecule has 0 radical (unpaired) electrons. The van der Waals surface area contributed by atoms with Gasteiger partial charge in [-0.05, 0) is 30.7 Å². The fourth-order valence-electron chi connectivity index (χ4n) is 2.15. The van der Waals surface area contributed by atoms with Crippen LogP contribution in [0.1, 0.15) is 11.1 Å². The standard InChI is InChI=1S/C17H14BrN3/c1-12-10-17(20-16-9-5-3-7-14(12)16)21-19-11-13-6-2-4-8-15(13)18/h2-11H,1H3,(H,20,21). The molecule has 2 aromatic carbocycles. The van der Waals surface area contributed by atoms with Gasteiger partial charge in [-0.2, -0.15) is 5.10 Å². The molecule has 0 amide bonds. The molecule has 3 nitrogen and oxygen atoms in total. The van der Waals surface area contributed by atoms with E-state index in [1.807, 2.05) is 48.5 Å². The number of hydrogen-bond donors (Lipinski definition) is 1. The molecule has 1 aromatic heterocycles. The number of pyridine rings is 1. The number of hydrazone groups is 1. The molecule has 104 valence electrons. The van der Waals surface area contributed by atoms with Gasteiger partial charge in [0, 0.05) is 15.4 Å². The highest BCUT2D eigenvalue weighted by Gasteiger charge is 2.01. The number of para-hydroxylation sites is 1. The summed E-state index contributed by atoms with van der Waals surface area (Å²) in [6, 6.07) is 18.0. The molecule has 0 saturated carbocycles. The summed E-state index contributed by atoms with van der Waals surface area (Å²) in [7, 11) is 0. The minimum Gasteiger partial charge on any atom is -0.261 e. The Morgan fingerprint density at radius 2 is 1.86 bits per heavy atom. The van der Waals surface area contributed by atoms with Gasteiger partial charge in [0.25, 0.3) is 0 Å². The average Bonchev–Trinajstić information content (AvgIpc) is 2.49. The number of fused-ring (bicyclic) bond motifs is 1. The van der Waals surface area contributed by atoms with E-state index < -0.39 is 0 Å². The van der Waals surface area contributed by atoms with Gasteiger partial charge in [0.15, 0.2) is 0 Å². The second-order valence-electron chi connectivity index (χ2n) is 4.73. The van der Waals surface area contributed by atoms with Gasteiger partial charge in [0.2, 0.25) is 0 Å². The van der Waals surface area contributed by atoms with E-state index in [1.165, 1.54) is 5.56 Å². The molecule has 0 atom stereocenters. The second kappa shape index (κ2) is 6.06. The van der Waals surface area contributed by atoms with Crippen molar-refractivity contribution < 1.29 is 0 Å². The largest absolute Gasteiger partial charge is 0.261 e. The maximum atomic E-state index is 4.55. The van der Waals surface area contributed by atoms with Crippen LogP contribution >= 0.6 is 15.9 Å². The number of rotatable bonds is 3. The molecule has 0 aliphatic rings. The summed E-state index contributed by atoms with van der Waals surface area (Å²) in [5.74, 6) is 0.745. The van der Waals surface area contributed by atoms with E-state index in [2.05, 4.69) is 44.4 Å². The van der Waals surface area contributed by atoms with Gasteiger partial charge in [-0.15, -0.1) is 0 Å². The van der Waals surface area contributed by atoms with Crippen LogP contribution in [-0.4, -0.2) is 11.2 Å². The normalized spacial score (nSPS) is 11.1. The van der Waals surface area contributed by atoms with Crippen molar-refractivity contribution >= 4 is 38.9 Å². The van der Waals surface area contributed by atoms with E-state index in [1.54, 1.807) is 6.21 Å². The first-order valence-electron chi connectivity index (χ1n) is 6.64. The quantitative estimate of drug-likeness (QED) is 0.552. The fourth-order valence-corrected chi connectivity index (χ4v) is 2.54. The third-order valence-corrected chi connectivity index (χ3v) is 3.93. The topological polar surface area (TPSA) is 37.3 Å². The number of anilines is 1. The summed E-state index contributed by atoms with van der Waals surface area (Å²) >= 11 is 3.49. The Balaban J connectivity index is 1.84. The molecule has 0 saturated heterocycles. The summed E-state index contributed by atoms with van der Waals surface area (Å²) < 4.78 is 1.01. The molecule has 21 heavy (non-hydrogen) atoms. The molecule has 3 aromatic rings. The van der Waals surface area contributed by atoms with Gasteiger partial charge in [-0.3, -0.25) is 5.43 Å². The lowest BCUT2D eigenvalue weighted by Gasteiger charge is -2.05. The first kappa shape index (κ1) is 13.8. The summed E-state index contributed by atoms with van der Waals surface area (Å²) in [5, 5.41) is 5.42. The fraction of sp³-hybridized carbons (Fsp3) is 0.0588. The SMILES string of the molecule is Cc1cc(NN=Cc2ccccc2Br)nc2ccccc12. The Morgan fingerprint density at radius 3 is 2.71 bits per heavy atom. The van der Waals surface area contributed by atoms with Crippen LogP contribution in [0.4, 0.5) is 5.82 Å². The molecule has 1 heterocycles. The second-order valence-corrected chi connectivity index (χ2v) is 5.59. The van der Waals surface area contributed by atoms with E-state index in [0.29, 0.717) is 0 Å². The zero-order valence-corrected chi connectivity index (χ0v) is 13.1. The summed E-state index contributed by atoms with van der Waals surface area (Å²) in [6.07, 6.45) is 1.77. The lowest BCUT2D eigenvalue weighted by Crippen LogP contribution is -1.95. The molecule has 3 rings (SSSR count). The maximum Gasteiger partial charge on any atom is 0.147 e. The summed E-state index contributed by atoms with van der Waals surface area (Å²) in [4.78, 5) is 4.55. The van der Waals surface area contributed by atoms with Crippen molar-refractivity contribution in [1.82, 2.24) is 4.98 Å². The minimum atomic E-state index is 0.745. The molecule has 1 N–H and O–H groups in total. The highest BCUT2D eigenvalue weighted by atomic mass is 79.9. The summed E-state index contributed by atoms with van der Waals surface area (Å²) in [6.45, 7) is 2.08. The molecule has 0 unspecified atom stereocenters. The van der Waals surface area contributed by atoms with E-state index >= 15 is 0 Å². The Labute approximate surface area is 131 Å². The van der Waals surface area contributed by atoms with Crippen LogP contribution in [-0.2, 0) is 0 Å². The van der Waals surface area contributed by atoms with E-state index in [9.17, 15) is 0 Å². The van der Waals surface area contributed by atoms with Gasteiger partial charge < -0.3 is 0 Å². The van der Waals surface area contributed by atoms with Crippen molar-refractivity contribution in [2.45, 2.75) is 6.92 Å². The van der Waals surface area contributed by atoms with Gasteiger partial charge >= 0.3 is 0 Å². The van der Waals surface area contributed by atoms with Crippen molar-refractivity contribution in [3.8, 4) is 0 Å². The van der Waals surface area contributed by atoms with E-state index in [0.717, 1.165) is 26.8 Å². The Kier molecular flexibility index (Phi) is 3.97. The lowest BCUT2D eigenvalue weighted by molar-refractivity contribution is 1.25. The van der Waals surface area contributed by atoms with Crippen LogP contribution in [0, 0.1) is 6.92 Å². The summed E-state index contributed by atoms with van der Waals surface area (Å²) in [5.41, 5.74) is 6.16. The Bertz CT molecular complexity index is 812. The molecule has 4 heteroatoms. The first-order valence-corrected chi connectivity index (χ1v) is 7.43. The van der Waals surface area contributed by atoms with Gasteiger partial charge in [0.1, 0.15) is 5.82 Å². The van der Waals surface area contributed by atoms with Crippen molar-refractivity contribution in [3.05, 3.63) is 70.2 Å². The number of nitrogens with one attached hydrogen (secondary N) is 1. The molecular formula is C17H14BrN3. The zero-order valence-electron chi connectivity index (χ0n) is 11.5. The third kappa shape index (κ3) is 3.11. The number of nitrogens with zero attached hydrogens (tertiary/aromatic N) is 2. The molecule has 0 aliphatic carbocycles. The van der Waals surface area contributed by atoms with Crippen LogP contribution in [0.25, 0.3) is 10.9 Å². The average molecular weight is 340 g/mol. The minimum absolute atomic E-state index is 0.745. The van der Waals surface area contributed by atoms with Crippen LogP contribution < -0.4 is 5.43 Å². The number of halogens is 1. The Hall–Kier alpha value is -2.20. The van der Waals surface area contributed by atoms with Crippen molar-refractivity contribution in [1.29, 1.82) is 0 Å². The maximum absolute atomic E-state index is 4.55. The van der Waals surface area contributed by atoms with Crippen molar-refractivity contribution in [2.75, 3.05) is 5.43 Å². The molecule has 0 spiro atoms. The predicted octanol–water partition coefficient (Wildman–Crippen LogP) is 4.75. The number of aryl methyl sites for hydroxylation is 1. The van der Waals surface area contributed by atoms with Crippen LogP contribution in [0.15, 0.2) is 64.2 Å². The molecule has 0 fully saturated rings. The lowest BCUT2D eigenvalue weighted by atomic mass is 10.1. The van der Waals surface area contributed by atoms with Crippen molar-refractivity contribution in [3.63, 3.8) is 0 Å². The van der Waals surface area contributed by atoms with Crippen molar-refractivity contribution in [2.24, 2.45) is 5.10 Å². The van der Waals surface area contributed by atoms with Crippen LogP contribution in [0.3, 0.4) is 0 Å². The Morgan fingerprint density at radius 1 is 1.10 bits per heavy atom. The number of hydrogen-bond acceptors (Lipinski definition) is 3. The van der Waals surface area contributed by atoms with Gasteiger partial charge in [0.05, 0.1) is 11.7 Å². The monoisotopic (exact) mass is 339 g/mol. The highest BCUT2D eigenvalue weighted by Crippen LogP contribution is 2.20. The van der Waals surface area contributed by atoms with Crippen LogP contribution in [0.2, 0.25) is 0 Å². The van der Waals surface area contributed by atoms with E-state index in [4.69, 9.17) is 0 Å². The van der Waals surface area contributed by atoms with Crippen LogP contribution in [0.5, 0.6) is 0 Å². The third-order valence-electron chi connectivity index (χ3n) is 3.21.